The number of carboxylic acid groups (broad SMARTS) is 1. The van der Waals surface area contributed by atoms with E-state index in [9.17, 15) is 14.7 Å². The van der Waals surface area contributed by atoms with Crippen LogP contribution in [0.2, 0.25) is 0 Å². The number of amides is 1. The largest absolute Gasteiger partial charge is 0.478 e. The molecule has 1 aliphatic rings. The average molecular weight is 421 g/mol. The molecule has 1 unspecified atom stereocenters. The van der Waals surface area contributed by atoms with E-state index in [-0.39, 0.29) is 5.56 Å². The minimum atomic E-state index is -0.995. The summed E-state index contributed by atoms with van der Waals surface area (Å²) in [6.07, 6.45) is 0.160. The molecule has 148 valence electrons. The number of hydrogen-bond donors (Lipinski definition) is 1. The summed E-state index contributed by atoms with van der Waals surface area (Å²) in [5, 5.41) is 16.3. The summed E-state index contributed by atoms with van der Waals surface area (Å²) in [5.41, 5.74) is 1.25. The third kappa shape index (κ3) is 3.26. The number of nitrogens with zero attached hydrogens (tertiary/aromatic N) is 4. The molecular formula is C18H20N4O4S2. The van der Waals surface area contributed by atoms with Crippen LogP contribution in [0.4, 0.5) is 4.79 Å². The first-order chi connectivity index (χ1) is 13.1. The zero-order valence-corrected chi connectivity index (χ0v) is 17.6. The lowest BCUT2D eigenvalue weighted by molar-refractivity contribution is 0.0175. The molecule has 3 aromatic rings. The lowest BCUT2D eigenvalue weighted by Gasteiger charge is -2.35. The highest BCUT2D eigenvalue weighted by Gasteiger charge is 2.39. The Hall–Kier alpha value is -2.46. The Bertz CT molecular complexity index is 1080. The van der Waals surface area contributed by atoms with Gasteiger partial charge in [0.05, 0.1) is 17.0 Å². The van der Waals surface area contributed by atoms with Gasteiger partial charge >= 0.3 is 12.1 Å². The molecule has 1 amide bonds. The van der Waals surface area contributed by atoms with Crippen LogP contribution < -0.4 is 0 Å². The van der Waals surface area contributed by atoms with Gasteiger partial charge in [-0.05, 0) is 33.8 Å². The van der Waals surface area contributed by atoms with E-state index in [4.69, 9.17) is 4.74 Å². The number of imidazole rings is 1. The van der Waals surface area contributed by atoms with Crippen molar-refractivity contribution >= 4 is 39.7 Å². The van der Waals surface area contributed by atoms with Gasteiger partial charge in [0, 0.05) is 23.2 Å². The maximum Gasteiger partial charge on any atom is 0.411 e. The van der Waals surface area contributed by atoms with Crippen LogP contribution in [-0.4, -0.2) is 48.8 Å². The van der Waals surface area contributed by atoms with Gasteiger partial charge < -0.3 is 9.84 Å². The van der Waals surface area contributed by atoms with Gasteiger partial charge in [-0.15, -0.1) is 11.3 Å². The van der Waals surface area contributed by atoms with Crippen molar-refractivity contribution < 1.29 is 19.4 Å². The molecule has 4 heterocycles. The van der Waals surface area contributed by atoms with Crippen molar-refractivity contribution in [2.45, 2.75) is 45.8 Å². The van der Waals surface area contributed by atoms with Gasteiger partial charge in [-0.25, -0.2) is 19.1 Å². The fourth-order valence-corrected chi connectivity index (χ4v) is 5.04. The Labute approximate surface area is 169 Å². The summed E-state index contributed by atoms with van der Waals surface area (Å²) in [6.45, 7) is 7.82. The van der Waals surface area contributed by atoms with Gasteiger partial charge in [0.15, 0.2) is 0 Å². The molecule has 0 fully saturated rings. The van der Waals surface area contributed by atoms with Crippen LogP contribution in [0.15, 0.2) is 11.4 Å². The highest BCUT2D eigenvalue weighted by atomic mass is 32.1. The van der Waals surface area contributed by atoms with Crippen LogP contribution in [-0.2, 0) is 11.2 Å². The normalized spacial score (nSPS) is 17.0. The van der Waals surface area contributed by atoms with E-state index in [0.29, 0.717) is 13.0 Å². The molecule has 0 spiro atoms. The van der Waals surface area contributed by atoms with Crippen LogP contribution in [0.1, 0.15) is 58.4 Å². The fourth-order valence-electron chi connectivity index (χ4n) is 3.28. The summed E-state index contributed by atoms with van der Waals surface area (Å²) in [4.78, 5) is 32.2. The summed E-state index contributed by atoms with van der Waals surface area (Å²) in [5.74, 6) is -0.995. The summed E-state index contributed by atoms with van der Waals surface area (Å²) >= 11 is 2.80. The number of aromatic nitrogens is 3. The number of aromatic carboxylic acids is 1. The van der Waals surface area contributed by atoms with Crippen LogP contribution >= 0.6 is 22.7 Å². The van der Waals surface area contributed by atoms with Gasteiger partial charge in [-0.2, -0.15) is 5.10 Å². The van der Waals surface area contributed by atoms with E-state index in [1.807, 2.05) is 27.7 Å². The Kier molecular flexibility index (Phi) is 4.42. The lowest BCUT2D eigenvalue weighted by Crippen LogP contribution is -2.43. The minimum Gasteiger partial charge on any atom is -0.478 e. The smallest absolute Gasteiger partial charge is 0.411 e. The van der Waals surface area contributed by atoms with Gasteiger partial charge in [-0.3, -0.25) is 4.90 Å². The maximum absolute atomic E-state index is 13.0. The van der Waals surface area contributed by atoms with Gasteiger partial charge in [0.25, 0.3) is 0 Å². The first kappa shape index (κ1) is 18.9. The van der Waals surface area contributed by atoms with Crippen molar-refractivity contribution in [3.05, 3.63) is 38.3 Å². The van der Waals surface area contributed by atoms with Crippen LogP contribution in [0, 0.1) is 6.92 Å². The van der Waals surface area contributed by atoms with E-state index >= 15 is 0 Å². The van der Waals surface area contributed by atoms with Gasteiger partial charge in [-0.1, -0.05) is 11.3 Å². The highest BCUT2D eigenvalue weighted by molar-refractivity contribution is 7.16. The SMILES string of the molecule is Cc1nn2c3c(nc2s1)CCN(C(=O)OC(C)(C)C)C3c1cc(C(=O)O)cs1. The number of carbonyl (C=O) groups excluding carboxylic acids is 1. The van der Waals surface area contributed by atoms with E-state index in [1.165, 1.54) is 22.7 Å². The molecule has 0 aromatic carbocycles. The molecule has 0 bridgehead atoms. The topological polar surface area (TPSA) is 97.0 Å². The Morgan fingerprint density at radius 3 is 2.75 bits per heavy atom. The standard InChI is InChI=1S/C18H20N4O4S2/c1-9-20-22-13-11(19-16(22)28-9)5-6-21(17(25)26-18(2,3)4)14(13)12-7-10(8-27-12)15(23)24/h7-8,14H,5-6H2,1-4H3,(H,23,24). The molecule has 3 aromatic heterocycles. The van der Waals surface area contributed by atoms with E-state index in [2.05, 4.69) is 10.1 Å². The van der Waals surface area contributed by atoms with E-state index in [0.717, 1.165) is 26.2 Å². The summed E-state index contributed by atoms with van der Waals surface area (Å²) in [6, 6.07) is 1.12. The summed E-state index contributed by atoms with van der Waals surface area (Å²) < 4.78 is 7.39. The summed E-state index contributed by atoms with van der Waals surface area (Å²) in [7, 11) is 0. The number of carbonyl (C=O) groups is 2. The molecule has 0 saturated heterocycles. The van der Waals surface area contributed by atoms with E-state index < -0.39 is 23.7 Å². The molecular weight excluding hydrogens is 400 g/mol. The number of carboxylic acids is 1. The average Bonchev–Trinajstić information content (AvgIpc) is 3.25. The molecule has 10 heteroatoms. The Morgan fingerprint density at radius 1 is 1.36 bits per heavy atom. The zero-order chi connectivity index (χ0) is 20.2. The predicted molar refractivity (Wildman–Crippen MR) is 105 cm³/mol. The van der Waals surface area contributed by atoms with Crippen molar-refractivity contribution in [3.8, 4) is 0 Å². The number of ether oxygens (including phenoxy) is 1. The molecule has 0 aliphatic carbocycles. The van der Waals surface area contributed by atoms with Crippen molar-refractivity contribution in [1.29, 1.82) is 0 Å². The van der Waals surface area contributed by atoms with Gasteiger partial charge in [0.1, 0.15) is 16.7 Å². The second-order valence-electron chi connectivity index (χ2n) is 7.63. The Morgan fingerprint density at radius 2 is 2.11 bits per heavy atom. The number of rotatable bonds is 2. The Balaban J connectivity index is 1.85. The molecule has 0 saturated carbocycles. The first-order valence-corrected chi connectivity index (χ1v) is 10.5. The number of thiophene rings is 1. The third-order valence-electron chi connectivity index (χ3n) is 4.34. The number of aryl methyl sites for hydroxylation is 1. The quantitative estimate of drug-likeness (QED) is 0.678. The number of hydrogen-bond acceptors (Lipinski definition) is 7. The predicted octanol–water partition coefficient (Wildman–Crippen LogP) is 3.74. The molecule has 1 N–H and O–H groups in total. The van der Waals surface area contributed by atoms with Crippen molar-refractivity contribution in [2.24, 2.45) is 0 Å². The van der Waals surface area contributed by atoms with Crippen molar-refractivity contribution in [2.75, 3.05) is 6.54 Å². The van der Waals surface area contributed by atoms with Gasteiger partial charge in [0.2, 0.25) is 4.96 Å². The molecule has 1 atom stereocenters. The third-order valence-corrected chi connectivity index (χ3v) is 6.15. The van der Waals surface area contributed by atoms with Crippen LogP contribution in [0.3, 0.4) is 0 Å². The molecule has 1 aliphatic heterocycles. The monoisotopic (exact) mass is 420 g/mol. The highest BCUT2D eigenvalue weighted by Crippen LogP contribution is 2.39. The van der Waals surface area contributed by atoms with Crippen molar-refractivity contribution in [1.82, 2.24) is 19.5 Å². The van der Waals surface area contributed by atoms with Crippen LogP contribution in [0.25, 0.3) is 4.96 Å². The maximum atomic E-state index is 13.0. The molecule has 8 nitrogen and oxygen atoms in total. The second kappa shape index (κ2) is 6.56. The second-order valence-corrected chi connectivity index (χ2v) is 9.73. The fraction of sp³-hybridized carbons (Fsp3) is 0.444. The molecule has 4 rings (SSSR count). The molecule has 0 radical (unpaired) electrons. The first-order valence-electron chi connectivity index (χ1n) is 8.80. The van der Waals surface area contributed by atoms with Crippen molar-refractivity contribution in [3.63, 3.8) is 0 Å². The van der Waals surface area contributed by atoms with E-state index in [1.54, 1.807) is 20.9 Å². The number of fused-ring (bicyclic) bond motifs is 3. The minimum absolute atomic E-state index is 0.200. The zero-order valence-electron chi connectivity index (χ0n) is 15.9. The van der Waals surface area contributed by atoms with Crippen LogP contribution in [0.5, 0.6) is 0 Å². The molecule has 28 heavy (non-hydrogen) atoms. The lowest BCUT2D eigenvalue weighted by atomic mass is 10.0.